The van der Waals surface area contributed by atoms with Crippen molar-refractivity contribution in [3.8, 4) is 0 Å². The molecule has 0 N–H and O–H groups in total. The van der Waals surface area contributed by atoms with Gasteiger partial charge in [-0.1, -0.05) is 44.2 Å². The number of nitrogens with zero attached hydrogens (tertiary/aromatic N) is 1. The minimum absolute atomic E-state index is 0.320. The molecule has 120 valence electrons. The third-order valence-electron chi connectivity index (χ3n) is 5.24. The molecule has 2 saturated heterocycles. The van der Waals surface area contributed by atoms with Crippen LogP contribution in [-0.4, -0.2) is 37.1 Å². The summed E-state index contributed by atoms with van der Waals surface area (Å²) in [5.41, 5.74) is 0.783. The summed E-state index contributed by atoms with van der Waals surface area (Å²) >= 11 is 0. The van der Waals surface area contributed by atoms with E-state index in [1.165, 1.54) is 6.42 Å². The predicted octanol–water partition coefficient (Wildman–Crippen LogP) is 3.24. The number of piperidine rings is 1. The number of carbonyl (C=O) groups excluding carboxylic acids is 1. The molecule has 2 unspecified atom stereocenters. The molecule has 0 aromatic heterocycles. The summed E-state index contributed by atoms with van der Waals surface area (Å²) in [6.45, 7) is 7.68. The molecule has 2 aliphatic rings. The van der Waals surface area contributed by atoms with Crippen LogP contribution < -0.4 is 0 Å². The van der Waals surface area contributed by atoms with Crippen LogP contribution in [0.2, 0.25) is 0 Å². The lowest BCUT2D eigenvalue weighted by atomic mass is 9.72. The second-order valence-corrected chi connectivity index (χ2v) is 7.22. The molecular formula is C19H27NO2. The van der Waals surface area contributed by atoms with Gasteiger partial charge in [-0.25, -0.2) is 0 Å². The molecule has 2 atom stereocenters. The Hall–Kier alpha value is -1.35. The molecule has 1 aromatic carbocycles. The van der Waals surface area contributed by atoms with E-state index >= 15 is 0 Å². The van der Waals surface area contributed by atoms with E-state index in [2.05, 4.69) is 30.9 Å². The second kappa shape index (κ2) is 6.41. The van der Waals surface area contributed by atoms with Gasteiger partial charge in [-0.3, -0.25) is 4.79 Å². The van der Waals surface area contributed by atoms with Crippen LogP contribution in [-0.2, 0) is 14.9 Å². The van der Waals surface area contributed by atoms with E-state index in [1.807, 2.05) is 18.2 Å². The van der Waals surface area contributed by atoms with E-state index in [0.29, 0.717) is 31.0 Å². The quantitative estimate of drug-likeness (QED) is 0.839. The third kappa shape index (κ3) is 2.91. The minimum Gasteiger partial charge on any atom is -0.381 e. The van der Waals surface area contributed by atoms with Crippen LogP contribution in [0.5, 0.6) is 0 Å². The van der Waals surface area contributed by atoms with Gasteiger partial charge in [0.05, 0.1) is 5.41 Å². The van der Waals surface area contributed by atoms with Crippen molar-refractivity contribution in [2.75, 3.05) is 26.3 Å². The van der Waals surface area contributed by atoms with Crippen LogP contribution in [0.15, 0.2) is 30.3 Å². The number of likely N-dealkylation sites (tertiary alicyclic amines) is 1. The summed E-state index contributed by atoms with van der Waals surface area (Å²) in [5, 5.41) is 0. The fourth-order valence-electron chi connectivity index (χ4n) is 4.23. The highest BCUT2D eigenvalue weighted by molar-refractivity contribution is 5.88. The van der Waals surface area contributed by atoms with Gasteiger partial charge < -0.3 is 9.64 Å². The molecule has 0 radical (unpaired) electrons. The van der Waals surface area contributed by atoms with Crippen molar-refractivity contribution in [2.45, 2.75) is 38.5 Å². The molecule has 2 heterocycles. The summed E-state index contributed by atoms with van der Waals surface area (Å²) in [6.07, 6.45) is 2.83. The first-order chi connectivity index (χ1) is 10.6. The molecule has 1 amide bonds. The maximum atomic E-state index is 13.4. The summed E-state index contributed by atoms with van der Waals surface area (Å²) < 4.78 is 5.56. The van der Waals surface area contributed by atoms with Gasteiger partial charge in [0, 0.05) is 26.3 Å². The molecule has 2 aliphatic heterocycles. The van der Waals surface area contributed by atoms with Crippen molar-refractivity contribution in [3.63, 3.8) is 0 Å². The highest BCUT2D eigenvalue weighted by atomic mass is 16.5. The SMILES string of the molecule is CC1CC(C)CN(C(=O)C2(c3ccccc3)CCOCC2)C1. The van der Waals surface area contributed by atoms with Crippen LogP contribution in [0.1, 0.15) is 38.7 Å². The summed E-state index contributed by atoms with van der Waals surface area (Å²) in [5.74, 6) is 1.51. The minimum atomic E-state index is -0.379. The van der Waals surface area contributed by atoms with Crippen molar-refractivity contribution < 1.29 is 9.53 Å². The topological polar surface area (TPSA) is 29.5 Å². The number of amides is 1. The molecule has 1 aromatic rings. The predicted molar refractivity (Wildman–Crippen MR) is 87.7 cm³/mol. The lowest BCUT2D eigenvalue weighted by Crippen LogP contribution is -2.53. The van der Waals surface area contributed by atoms with Crippen LogP contribution >= 0.6 is 0 Å². The van der Waals surface area contributed by atoms with Gasteiger partial charge in [-0.2, -0.15) is 0 Å². The first-order valence-electron chi connectivity index (χ1n) is 8.54. The largest absolute Gasteiger partial charge is 0.381 e. The lowest BCUT2D eigenvalue weighted by Gasteiger charge is -2.43. The number of carbonyl (C=O) groups is 1. The number of benzene rings is 1. The van der Waals surface area contributed by atoms with E-state index < -0.39 is 0 Å². The molecule has 3 rings (SSSR count). The molecule has 0 bridgehead atoms. The molecule has 2 fully saturated rings. The van der Waals surface area contributed by atoms with Gasteiger partial charge in [0.2, 0.25) is 5.91 Å². The standard InChI is InChI=1S/C19H27NO2/c1-15-12-16(2)14-20(13-15)18(21)19(8-10-22-11-9-19)17-6-4-3-5-7-17/h3-7,15-16H,8-14H2,1-2H3. The molecule has 3 nitrogen and oxygen atoms in total. The second-order valence-electron chi connectivity index (χ2n) is 7.22. The van der Waals surface area contributed by atoms with Gasteiger partial charge in [-0.05, 0) is 36.7 Å². The zero-order valence-corrected chi connectivity index (χ0v) is 13.8. The first-order valence-corrected chi connectivity index (χ1v) is 8.54. The van der Waals surface area contributed by atoms with Crippen molar-refractivity contribution in [1.82, 2.24) is 4.90 Å². The number of ether oxygens (including phenoxy) is 1. The Bertz CT molecular complexity index is 497. The van der Waals surface area contributed by atoms with Crippen molar-refractivity contribution in [2.24, 2.45) is 11.8 Å². The van der Waals surface area contributed by atoms with Crippen LogP contribution in [0.3, 0.4) is 0 Å². The molecule has 3 heteroatoms. The monoisotopic (exact) mass is 301 g/mol. The number of hydrogen-bond acceptors (Lipinski definition) is 2. The molecule has 0 spiro atoms. The zero-order valence-electron chi connectivity index (χ0n) is 13.8. The Labute approximate surface area is 133 Å². The lowest BCUT2D eigenvalue weighted by molar-refractivity contribution is -0.144. The summed E-state index contributed by atoms with van der Waals surface area (Å²) in [6, 6.07) is 10.3. The van der Waals surface area contributed by atoms with Gasteiger partial charge in [0.15, 0.2) is 0 Å². The smallest absolute Gasteiger partial charge is 0.233 e. The average molecular weight is 301 g/mol. The third-order valence-corrected chi connectivity index (χ3v) is 5.24. The Morgan fingerprint density at radius 1 is 1.09 bits per heavy atom. The fourth-order valence-corrected chi connectivity index (χ4v) is 4.23. The maximum Gasteiger partial charge on any atom is 0.233 e. The normalized spacial score (nSPS) is 28.4. The van der Waals surface area contributed by atoms with Gasteiger partial charge >= 0.3 is 0 Å². The Morgan fingerprint density at radius 2 is 1.68 bits per heavy atom. The number of rotatable bonds is 2. The van der Waals surface area contributed by atoms with Crippen molar-refractivity contribution in [3.05, 3.63) is 35.9 Å². The fraction of sp³-hybridized carbons (Fsp3) is 0.632. The first kappa shape index (κ1) is 15.5. The summed E-state index contributed by atoms with van der Waals surface area (Å²) in [4.78, 5) is 15.6. The average Bonchev–Trinajstić information content (AvgIpc) is 2.55. The maximum absolute atomic E-state index is 13.4. The molecule has 0 saturated carbocycles. The molecule has 22 heavy (non-hydrogen) atoms. The van der Waals surface area contributed by atoms with E-state index in [4.69, 9.17) is 4.74 Å². The Balaban J connectivity index is 1.90. The highest BCUT2D eigenvalue weighted by Crippen LogP contribution is 2.38. The van der Waals surface area contributed by atoms with Crippen molar-refractivity contribution >= 4 is 5.91 Å². The van der Waals surface area contributed by atoms with E-state index in [9.17, 15) is 4.79 Å². The summed E-state index contributed by atoms with van der Waals surface area (Å²) in [7, 11) is 0. The van der Waals surface area contributed by atoms with Gasteiger partial charge in [0.1, 0.15) is 0 Å². The van der Waals surface area contributed by atoms with Crippen LogP contribution in [0, 0.1) is 11.8 Å². The van der Waals surface area contributed by atoms with Crippen LogP contribution in [0.4, 0.5) is 0 Å². The zero-order chi connectivity index (χ0) is 15.6. The molecular weight excluding hydrogens is 274 g/mol. The van der Waals surface area contributed by atoms with E-state index in [0.717, 1.165) is 31.5 Å². The van der Waals surface area contributed by atoms with Gasteiger partial charge in [0.25, 0.3) is 0 Å². The Morgan fingerprint density at radius 3 is 2.27 bits per heavy atom. The van der Waals surface area contributed by atoms with Crippen LogP contribution in [0.25, 0.3) is 0 Å². The van der Waals surface area contributed by atoms with E-state index in [1.54, 1.807) is 0 Å². The van der Waals surface area contributed by atoms with Crippen molar-refractivity contribution in [1.29, 1.82) is 0 Å². The Kier molecular flexibility index (Phi) is 4.53. The van der Waals surface area contributed by atoms with Gasteiger partial charge in [-0.15, -0.1) is 0 Å². The van der Waals surface area contributed by atoms with E-state index in [-0.39, 0.29) is 5.41 Å². The highest BCUT2D eigenvalue weighted by Gasteiger charge is 2.45. The molecule has 0 aliphatic carbocycles. The number of hydrogen-bond donors (Lipinski definition) is 0.